The highest BCUT2D eigenvalue weighted by atomic mass is 19.1. The molecule has 0 radical (unpaired) electrons. The number of nitrogens with one attached hydrogen (secondary N) is 1. The molecular formula is C28H28FN3O2. The Morgan fingerprint density at radius 1 is 0.971 bits per heavy atom. The number of imidazole rings is 1. The first-order valence-corrected chi connectivity index (χ1v) is 12.2. The van der Waals surface area contributed by atoms with Gasteiger partial charge in [0, 0.05) is 29.4 Å². The molecular weight excluding hydrogens is 429 g/mol. The molecule has 1 amide bonds. The molecule has 5 nitrogen and oxygen atoms in total. The van der Waals surface area contributed by atoms with Crippen LogP contribution < -0.4 is 5.32 Å². The van der Waals surface area contributed by atoms with Crippen molar-refractivity contribution in [3.8, 4) is 11.3 Å². The number of carbonyl (C=O) groups excluding carboxylic acids is 2. The minimum Gasteiger partial charge on any atom is -0.352 e. The number of hydrogen-bond acceptors (Lipinski definition) is 3. The Morgan fingerprint density at radius 3 is 2.38 bits per heavy atom. The lowest BCUT2D eigenvalue weighted by molar-refractivity contribution is -0.149. The first-order valence-electron chi connectivity index (χ1n) is 12.2. The molecule has 34 heavy (non-hydrogen) atoms. The molecule has 1 N–H and O–H groups in total. The molecule has 6 heteroatoms. The number of hydrogen-bond donors (Lipinski definition) is 1. The van der Waals surface area contributed by atoms with E-state index in [9.17, 15) is 14.0 Å². The monoisotopic (exact) mass is 457 g/mol. The van der Waals surface area contributed by atoms with Crippen molar-refractivity contribution in [2.45, 2.75) is 57.5 Å². The van der Waals surface area contributed by atoms with Gasteiger partial charge < -0.3 is 9.88 Å². The van der Waals surface area contributed by atoms with E-state index in [1.54, 1.807) is 12.1 Å². The normalized spacial score (nSPS) is 26.7. The minimum absolute atomic E-state index is 0.00296. The molecule has 1 aliphatic heterocycles. The van der Waals surface area contributed by atoms with Crippen LogP contribution in [0.1, 0.15) is 62.1 Å². The van der Waals surface area contributed by atoms with E-state index < -0.39 is 0 Å². The third-order valence-electron chi connectivity index (χ3n) is 8.66. The number of halogens is 1. The maximum atomic E-state index is 13.7. The summed E-state index contributed by atoms with van der Waals surface area (Å²) < 4.78 is 15.3. The molecule has 3 saturated carbocycles. The summed E-state index contributed by atoms with van der Waals surface area (Å²) in [6, 6.07) is 14.5. The lowest BCUT2D eigenvalue weighted by Gasteiger charge is -2.51. The molecule has 7 rings (SSSR count). The van der Waals surface area contributed by atoms with Gasteiger partial charge in [-0.15, -0.1) is 0 Å². The second kappa shape index (κ2) is 7.90. The van der Waals surface area contributed by atoms with Crippen molar-refractivity contribution in [2.75, 3.05) is 0 Å². The fourth-order valence-electron chi connectivity index (χ4n) is 6.45. The molecule has 4 aliphatic rings. The van der Waals surface area contributed by atoms with Gasteiger partial charge in [0.25, 0.3) is 0 Å². The number of aromatic nitrogens is 2. The quantitative estimate of drug-likeness (QED) is 0.553. The molecule has 2 aromatic carbocycles. The molecule has 1 atom stereocenters. The Hall–Kier alpha value is -3.28. The number of benzene rings is 2. The van der Waals surface area contributed by atoms with Gasteiger partial charge in [-0.2, -0.15) is 0 Å². The average Bonchev–Trinajstić information content (AvgIpc) is 3.47. The van der Waals surface area contributed by atoms with E-state index in [-0.39, 0.29) is 28.6 Å². The molecule has 2 bridgehead atoms. The van der Waals surface area contributed by atoms with Gasteiger partial charge in [-0.3, -0.25) is 9.59 Å². The molecule has 174 valence electrons. The summed E-state index contributed by atoms with van der Waals surface area (Å²) in [6.07, 6.45) is 8.79. The van der Waals surface area contributed by atoms with Crippen LogP contribution in [0, 0.1) is 16.6 Å². The van der Waals surface area contributed by atoms with Crippen LogP contribution in [0.25, 0.3) is 11.3 Å². The van der Waals surface area contributed by atoms with Gasteiger partial charge >= 0.3 is 0 Å². The van der Waals surface area contributed by atoms with Crippen LogP contribution in [0.2, 0.25) is 0 Å². The Morgan fingerprint density at radius 2 is 1.65 bits per heavy atom. The highest BCUT2D eigenvalue weighted by molar-refractivity contribution is 5.89. The molecule has 1 aromatic heterocycles. The second-order valence-corrected chi connectivity index (χ2v) is 10.3. The zero-order chi connectivity index (χ0) is 23.3. The van der Waals surface area contributed by atoms with E-state index in [2.05, 4.69) is 27.0 Å². The summed E-state index contributed by atoms with van der Waals surface area (Å²) in [5.41, 5.74) is 3.65. The zero-order valence-corrected chi connectivity index (χ0v) is 19.1. The SMILES string of the molecule is O=C(CC1c2ccccc2-c2cncn21)C12CCC(C(=O)NCc3ccc(F)cc3)(CC1)CC2. The highest BCUT2D eigenvalue weighted by Gasteiger charge is 2.55. The van der Waals surface area contributed by atoms with Crippen LogP contribution in [0.5, 0.6) is 0 Å². The number of carbonyl (C=O) groups is 2. The predicted molar refractivity (Wildman–Crippen MR) is 126 cm³/mol. The highest BCUT2D eigenvalue weighted by Crippen LogP contribution is 2.58. The largest absolute Gasteiger partial charge is 0.352 e. The van der Waals surface area contributed by atoms with Crippen molar-refractivity contribution >= 4 is 11.7 Å². The van der Waals surface area contributed by atoms with Gasteiger partial charge in [0.1, 0.15) is 11.6 Å². The summed E-state index contributed by atoms with van der Waals surface area (Å²) in [5, 5.41) is 3.07. The molecule has 3 aromatic rings. The predicted octanol–water partition coefficient (Wildman–Crippen LogP) is 5.21. The number of Topliss-reactive ketones (excluding diaryl/α,β-unsaturated/α-hetero) is 1. The fourth-order valence-corrected chi connectivity index (χ4v) is 6.45. The van der Waals surface area contributed by atoms with Crippen LogP contribution in [-0.4, -0.2) is 21.2 Å². The van der Waals surface area contributed by atoms with Crippen LogP contribution >= 0.6 is 0 Å². The Labute approximate surface area is 198 Å². The van der Waals surface area contributed by atoms with Gasteiger partial charge in [-0.1, -0.05) is 36.4 Å². The molecule has 3 aliphatic carbocycles. The number of fused-ring (bicyclic) bond motifs is 6. The topological polar surface area (TPSA) is 64.0 Å². The maximum absolute atomic E-state index is 13.7. The number of amides is 1. The van der Waals surface area contributed by atoms with E-state index in [0.717, 1.165) is 49.8 Å². The van der Waals surface area contributed by atoms with Crippen LogP contribution in [0.3, 0.4) is 0 Å². The summed E-state index contributed by atoms with van der Waals surface area (Å²) in [5.74, 6) is 0.124. The summed E-state index contributed by atoms with van der Waals surface area (Å²) in [4.78, 5) is 31.2. The third kappa shape index (κ3) is 3.30. The van der Waals surface area contributed by atoms with Gasteiger partial charge in [-0.25, -0.2) is 9.37 Å². The fraction of sp³-hybridized carbons (Fsp3) is 0.393. The van der Waals surface area contributed by atoms with Gasteiger partial charge in [0.05, 0.1) is 24.3 Å². The first kappa shape index (κ1) is 21.3. The Bertz CT molecular complexity index is 1240. The summed E-state index contributed by atoms with van der Waals surface area (Å²) in [6.45, 7) is 0.402. The van der Waals surface area contributed by atoms with Crippen molar-refractivity contribution in [2.24, 2.45) is 10.8 Å². The van der Waals surface area contributed by atoms with Crippen molar-refractivity contribution in [3.63, 3.8) is 0 Å². The van der Waals surface area contributed by atoms with Gasteiger partial charge in [-0.05, 0) is 61.8 Å². The smallest absolute Gasteiger partial charge is 0.226 e. The minimum atomic E-state index is -0.375. The van der Waals surface area contributed by atoms with Crippen LogP contribution in [0.4, 0.5) is 4.39 Å². The van der Waals surface area contributed by atoms with Crippen LogP contribution in [-0.2, 0) is 16.1 Å². The van der Waals surface area contributed by atoms with E-state index in [1.165, 1.54) is 23.3 Å². The Kier molecular flexibility index (Phi) is 4.94. The third-order valence-corrected chi connectivity index (χ3v) is 8.66. The summed E-state index contributed by atoms with van der Waals surface area (Å²) >= 11 is 0. The zero-order valence-electron chi connectivity index (χ0n) is 19.1. The van der Waals surface area contributed by atoms with Crippen molar-refractivity contribution in [1.82, 2.24) is 14.9 Å². The molecule has 3 fully saturated rings. The van der Waals surface area contributed by atoms with Crippen molar-refractivity contribution < 1.29 is 14.0 Å². The van der Waals surface area contributed by atoms with E-state index in [0.29, 0.717) is 18.7 Å². The molecule has 0 spiro atoms. The molecule has 0 saturated heterocycles. The second-order valence-electron chi connectivity index (χ2n) is 10.3. The van der Waals surface area contributed by atoms with E-state index in [4.69, 9.17) is 0 Å². The van der Waals surface area contributed by atoms with Gasteiger partial charge in [0.15, 0.2) is 0 Å². The van der Waals surface area contributed by atoms with Crippen molar-refractivity contribution in [3.05, 3.63) is 78.0 Å². The lowest BCUT2D eigenvalue weighted by Crippen LogP contribution is -2.52. The molecule has 2 heterocycles. The van der Waals surface area contributed by atoms with E-state index in [1.807, 2.05) is 24.7 Å². The average molecular weight is 458 g/mol. The number of rotatable bonds is 6. The lowest BCUT2D eigenvalue weighted by atomic mass is 9.51. The first-order chi connectivity index (χ1) is 16.5. The summed E-state index contributed by atoms with van der Waals surface area (Å²) in [7, 11) is 0. The molecule has 1 unspecified atom stereocenters. The van der Waals surface area contributed by atoms with E-state index >= 15 is 0 Å². The van der Waals surface area contributed by atoms with Crippen molar-refractivity contribution in [1.29, 1.82) is 0 Å². The Balaban J connectivity index is 1.13. The standard InChI is InChI=1S/C28H28FN3O2/c29-20-7-5-19(6-8-20)16-31-26(34)28-12-9-27(10-13-28,11-14-28)25(33)15-23-21-3-1-2-4-22(21)24-17-30-18-32(23)24/h1-8,17-18,23H,9-16H2,(H,31,34). The number of nitrogens with zero attached hydrogens (tertiary/aromatic N) is 2. The number of ketones is 1. The van der Waals surface area contributed by atoms with Crippen LogP contribution in [0.15, 0.2) is 61.1 Å². The maximum Gasteiger partial charge on any atom is 0.226 e. The van der Waals surface area contributed by atoms with Gasteiger partial charge in [0.2, 0.25) is 5.91 Å².